The molecule has 1 aliphatic rings. The Morgan fingerprint density at radius 3 is 2.69 bits per heavy atom. The maximum absolute atomic E-state index is 12.6. The van der Waals surface area contributed by atoms with Crippen molar-refractivity contribution in [2.24, 2.45) is 0 Å². The summed E-state index contributed by atoms with van der Waals surface area (Å²) in [6.45, 7) is 1.10. The van der Waals surface area contributed by atoms with Gasteiger partial charge in [0.25, 0.3) is 5.69 Å². The Labute approximate surface area is 164 Å². The number of aliphatic hydroxyl groups is 1. The fourth-order valence-corrected chi connectivity index (χ4v) is 3.39. The molecule has 1 unspecified atom stereocenters. The number of halogens is 3. The van der Waals surface area contributed by atoms with Crippen molar-refractivity contribution in [3.05, 3.63) is 63.7 Å². The lowest BCUT2D eigenvalue weighted by molar-refractivity contribution is -0.385. The first-order chi connectivity index (χ1) is 13.7. The average Bonchev–Trinajstić information content (AvgIpc) is 3.09. The Morgan fingerprint density at radius 2 is 2.00 bits per heavy atom. The van der Waals surface area contributed by atoms with Gasteiger partial charge in [0, 0.05) is 43.0 Å². The van der Waals surface area contributed by atoms with Crippen molar-refractivity contribution in [2.75, 3.05) is 18.4 Å². The number of anilines is 1. The predicted octanol–water partition coefficient (Wildman–Crippen LogP) is 3.67. The Balaban J connectivity index is 1.63. The Hall–Kier alpha value is -2.85. The molecule has 0 aromatic heterocycles. The van der Waals surface area contributed by atoms with Crippen LogP contribution in [0.2, 0.25) is 0 Å². The number of hydrogen-bond donors (Lipinski definition) is 2. The molecule has 7 nitrogen and oxygen atoms in total. The van der Waals surface area contributed by atoms with E-state index in [0.717, 1.165) is 6.42 Å². The zero-order valence-electron chi connectivity index (χ0n) is 15.4. The summed E-state index contributed by atoms with van der Waals surface area (Å²) in [5.74, 6) is -0.216. The number of nitrogens with zero attached hydrogens (tertiary/aromatic N) is 2. The van der Waals surface area contributed by atoms with Gasteiger partial charge in [0.2, 0.25) is 0 Å². The maximum atomic E-state index is 12.6. The second-order valence-corrected chi connectivity index (χ2v) is 6.78. The van der Waals surface area contributed by atoms with E-state index >= 15 is 0 Å². The number of ether oxygens (including phenoxy) is 1. The minimum Gasteiger partial charge on any atom is -0.405 e. The first-order valence-electron chi connectivity index (χ1n) is 8.96. The number of alkyl halides is 3. The highest BCUT2D eigenvalue weighted by atomic mass is 19.4. The minimum atomic E-state index is -4.75. The third kappa shape index (κ3) is 5.58. The molecule has 1 atom stereocenters. The monoisotopic (exact) mass is 411 g/mol. The molecule has 0 amide bonds. The number of para-hydroxylation sites is 1. The van der Waals surface area contributed by atoms with Crippen LogP contribution in [0.15, 0.2) is 42.5 Å². The number of likely N-dealkylation sites (tertiary alicyclic amines) is 1. The summed E-state index contributed by atoms with van der Waals surface area (Å²) in [5, 5.41) is 23.5. The van der Waals surface area contributed by atoms with E-state index in [1.165, 1.54) is 24.3 Å². The van der Waals surface area contributed by atoms with E-state index in [4.69, 9.17) is 0 Å². The van der Waals surface area contributed by atoms with Crippen LogP contribution in [0.3, 0.4) is 0 Å². The van der Waals surface area contributed by atoms with Crippen LogP contribution < -0.4 is 10.1 Å². The third-order valence-electron chi connectivity index (χ3n) is 4.69. The van der Waals surface area contributed by atoms with Crippen LogP contribution in [-0.2, 0) is 13.2 Å². The predicted molar refractivity (Wildman–Crippen MR) is 99.4 cm³/mol. The summed E-state index contributed by atoms with van der Waals surface area (Å²) in [7, 11) is 0. The highest BCUT2D eigenvalue weighted by molar-refractivity contribution is 5.55. The molecule has 0 spiro atoms. The van der Waals surface area contributed by atoms with Crippen molar-refractivity contribution >= 4 is 11.4 Å². The van der Waals surface area contributed by atoms with E-state index in [1.807, 2.05) is 4.90 Å². The number of nitrogens with one attached hydrogen (secondary N) is 1. The normalized spacial score (nSPS) is 17.3. The summed E-state index contributed by atoms with van der Waals surface area (Å²) in [4.78, 5) is 12.6. The number of benzene rings is 2. The summed E-state index contributed by atoms with van der Waals surface area (Å²) in [5.41, 5.74) is 1.07. The molecular weight excluding hydrogens is 391 g/mol. The zero-order chi connectivity index (χ0) is 21.0. The van der Waals surface area contributed by atoms with Gasteiger partial charge in [-0.05, 0) is 24.6 Å². The lowest BCUT2D eigenvalue weighted by atomic mass is 10.1. The Kier molecular flexibility index (Phi) is 6.23. The lowest BCUT2D eigenvalue weighted by Gasteiger charge is -2.20. The highest BCUT2D eigenvalue weighted by Crippen LogP contribution is 2.29. The molecule has 0 saturated carbocycles. The second-order valence-electron chi connectivity index (χ2n) is 6.78. The number of aliphatic hydroxyl groups excluding tert-OH is 1. The molecule has 10 heteroatoms. The van der Waals surface area contributed by atoms with Crippen LogP contribution in [0, 0.1) is 10.1 Å². The zero-order valence-corrected chi connectivity index (χ0v) is 15.4. The van der Waals surface area contributed by atoms with E-state index in [0.29, 0.717) is 30.9 Å². The molecule has 0 radical (unpaired) electrons. The molecule has 1 saturated heterocycles. The highest BCUT2D eigenvalue weighted by Gasteiger charge is 2.32. The van der Waals surface area contributed by atoms with Gasteiger partial charge in [-0.25, -0.2) is 0 Å². The second kappa shape index (κ2) is 8.66. The van der Waals surface area contributed by atoms with Crippen LogP contribution in [-0.4, -0.2) is 40.4 Å². The van der Waals surface area contributed by atoms with Gasteiger partial charge in [-0.2, -0.15) is 0 Å². The molecule has 2 aromatic rings. The molecule has 1 aliphatic heterocycles. The number of hydrogen-bond acceptors (Lipinski definition) is 6. The van der Waals surface area contributed by atoms with Crippen molar-refractivity contribution in [2.45, 2.75) is 32.0 Å². The van der Waals surface area contributed by atoms with Crippen molar-refractivity contribution in [1.29, 1.82) is 0 Å². The largest absolute Gasteiger partial charge is 0.573 e. The van der Waals surface area contributed by atoms with E-state index < -0.39 is 17.9 Å². The molecule has 2 N–H and O–H groups in total. The lowest BCUT2D eigenvalue weighted by Crippen LogP contribution is -2.26. The number of rotatable bonds is 7. The van der Waals surface area contributed by atoms with Crippen LogP contribution in [0.5, 0.6) is 5.75 Å². The van der Waals surface area contributed by atoms with E-state index in [-0.39, 0.29) is 23.0 Å². The van der Waals surface area contributed by atoms with E-state index in [2.05, 4.69) is 10.1 Å². The van der Waals surface area contributed by atoms with Crippen LogP contribution >= 0.6 is 0 Å². The quantitative estimate of drug-likeness (QED) is 0.534. The minimum absolute atomic E-state index is 0.00900. The summed E-state index contributed by atoms with van der Waals surface area (Å²) in [6, 6.07) is 10.6. The van der Waals surface area contributed by atoms with Gasteiger partial charge in [0.05, 0.1) is 17.1 Å². The SMILES string of the molecule is O=[N+]([O-])c1cc(NC2CCN(Cc3ccccc3OC(F)(F)F)C2)ccc1CO. The third-order valence-corrected chi connectivity index (χ3v) is 4.69. The first kappa shape index (κ1) is 20.9. The van der Waals surface area contributed by atoms with Gasteiger partial charge in [-0.15, -0.1) is 13.2 Å². The molecule has 3 rings (SSSR count). The van der Waals surface area contributed by atoms with Crippen molar-refractivity contribution in [3.8, 4) is 5.75 Å². The van der Waals surface area contributed by atoms with E-state index in [9.17, 15) is 28.4 Å². The standard InChI is InChI=1S/C19H20F3N3O4/c20-19(21,22)29-18-4-2-1-3-13(18)10-24-8-7-16(11-24)23-15-6-5-14(12-26)17(9-15)25(27)28/h1-6,9,16,23,26H,7-8,10-12H2. The summed E-state index contributed by atoms with van der Waals surface area (Å²) in [6.07, 6.45) is -4.02. The molecular formula is C19H20F3N3O4. The summed E-state index contributed by atoms with van der Waals surface area (Å²) >= 11 is 0. The summed E-state index contributed by atoms with van der Waals surface area (Å²) < 4.78 is 41.8. The molecule has 2 aromatic carbocycles. The van der Waals surface area contributed by atoms with Gasteiger partial charge in [0.1, 0.15) is 5.75 Å². The maximum Gasteiger partial charge on any atom is 0.573 e. The smallest absolute Gasteiger partial charge is 0.405 e. The van der Waals surface area contributed by atoms with Gasteiger partial charge >= 0.3 is 6.36 Å². The van der Waals surface area contributed by atoms with Gasteiger partial charge < -0.3 is 15.2 Å². The first-order valence-corrected chi connectivity index (χ1v) is 8.96. The number of nitro groups is 1. The van der Waals surface area contributed by atoms with Gasteiger partial charge in [-0.3, -0.25) is 15.0 Å². The fourth-order valence-electron chi connectivity index (χ4n) is 3.39. The molecule has 1 fully saturated rings. The molecule has 156 valence electrons. The van der Waals surface area contributed by atoms with Crippen LogP contribution in [0.25, 0.3) is 0 Å². The van der Waals surface area contributed by atoms with Crippen molar-refractivity contribution < 1.29 is 27.9 Å². The van der Waals surface area contributed by atoms with Gasteiger partial charge in [0.15, 0.2) is 0 Å². The van der Waals surface area contributed by atoms with Crippen molar-refractivity contribution in [1.82, 2.24) is 4.90 Å². The molecule has 29 heavy (non-hydrogen) atoms. The van der Waals surface area contributed by atoms with Crippen molar-refractivity contribution in [3.63, 3.8) is 0 Å². The van der Waals surface area contributed by atoms with Crippen LogP contribution in [0.1, 0.15) is 17.5 Å². The topological polar surface area (TPSA) is 87.9 Å². The van der Waals surface area contributed by atoms with Crippen LogP contribution in [0.4, 0.5) is 24.5 Å². The van der Waals surface area contributed by atoms with Gasteiger partial charge in [-0.1, -0.05) is 18.2 Å². The molecule has 0 bridgehead atoms. The molecule has 1 heterocycles. The Bertz CT molecular complexity index is 876. The average molecular weight is 411 g/mol. The molecule has 0 aliphatic carbocycles. The number of nitro benzene ring substituents is 1. The van der Waals surface area contributed by atoms with E-state index in [1.54, 1.807) is 18.2 Å². The fraction of sp³-hybridized carbons (Fsp3) is 0.368. The Morgan fingerprint density at radius 1 is 1.24 bits per heavy atom.